The molecule has 0 saturated carbocycles. The van der Waals surface area contributed by atoms with Gasteiger partial charge in [-0.1, -0.05) is 19.1 Å². The van der Waals surface area contributed by atoms with Crippen LogP contribution in [0.1, 0.15) is 18.9 Å². The third-order valence-corrected chi connectivity index (χ3v) is 3.38. The molecule has 0 fully saturated rings. The Balaban J connectivity index is 2.86. The van der Waals surface area contributed by atoms with Gasteiger partial charge in [0, 0.05) is 0 Å². The van der Waals surface area contributed by atoms with E-state index in [1.54, 1.807) is 6.92 Å². The summed E-state index contributed by atoms with van der Waals surface area (Å²) in [6.07, 6.45) is -4.03. The fourth-order valence-corrected chi connectivity index (χ4v) is 1.97. The van der Waals surface area contributed by atoms with Crippen LogP contribution < -0.4 is 5.32 Å². The highest BCUT2D eigenvalue weighted by molar-refractivity contribution is 9.10. The molecule has 1 atom stereocenters. The number of alkyl halides is 3. The van der Waals surface area contributed by atoms with Crippen molar-refractivity contribution >= 4 is 15.9 Å². The van der Waals surface area contributed by atoms with E-state index in [9.17, 15) is 17.6 Å². The van der Waals surface area contributed by atoms with Crippen LogP contribution in [0.2, 0.25) is 0 Å². The summed E-state index contributed by atoms with van der Waals surface area (Å²) >= 11 is 2.97. The highest BCUT2D eigenvalue weighted by Gasteiger charge is 2.39. The van der Waals surface area contributed by atoms with Crippen molar-refractivity contribution in [3.63, 3.8) is 0 Å². The van der Waals surface area contributed by atoms with Crippen LogP contribution in [0.5, 0.6) is 0 Å². The second-order valence-electron chi connectivity index (χ2n) is 3.97. The third kappa shape index (κ3) is 4.24. The number of nitrogens with one attached hydrogen (secondary N) is 1. The first kappa shape index (κ1) is 15.4. The molecule has 0 aliphatic heterocycles. The van der Waals surface area contributed by atoms with E-state index in [4.69, 9.17) is 0 Å². The van der Waals surface area contributed by atoms with Crippen LogP contribution in [0.3, 0.4) is 0 Å². The average Bonchev–Trinajstić information content (AvgIpc) is 2.28. The molecule has 0 aromatic heterocycles. The lowest BCUT2D eigenvalue weighted by atomic mass is 10.1. The van der Waals surface area contributed by atoms with Crippen molar-refractivity contribution in [1.29, 1.82) is 0 Å². The number of benzene rings is 1. The molecular weight excluding hydrogens is 314 g/mol. The van der Waals surface area contributed by atoms with Crippen molar-refractivity contribution in [3.8, 4) is 0 Å². The fraction of sp³-hybridized carbons (Fsp3) is 0.500. The monoisotopic (exact) mass is 327 g/mol. The Bertz CT molecular complexity index is 392. The molecule has 1 aromatic carbocycles. The van der Waals surface area contributed by atoms with Gasteiger partial charge >= 0.3 is 6.18 Å². The summed E-state index contributed by atoms with van der Waals surface area (Å²) in [6, 6.07) is 2.44. The van der Waals surface area contributed by atoms with E-state index in [-0.39, 0.29) is 17.4 Å². The highest BCUT2D eigenvalue weighted by Crippen LogP contribution is 2.27. The van der Waals surface area contributed by atoms with Gasteiger partial charge in [-0.2, -0.15) is 13.2 Å². The van der Waals surface area contributed by atoms with Crippen LogP contribution >= 0.6 is 15.9 Å². The van der Waals surface area contributed by atoms with Crippen molar-refractivity contribution in [2.75, 3.05) is 6.54 Å². The van der Waals surface area contributed by atoms with Crippen LogP contribution in [0.15, 0.2) is 22.7 Å². The standard InChI is InChI=1S/C12H14BrF4N/c1-2-6-18-10(12(15,16)17)7-8-4-3-5-9(14)11(8)13/h3-5,10,18H,2,6-7H2,1H3. The van der Waals surface area contributed by atoms with E-state index in [2.05, 4.69) is 21.2 Å². The van der Waals surface area contributed by atoms with E-state index in [0.29, 0.717) is 12.0 Å². The maximum absolute atomic E-state index is 13.2. The second kappa shape index (κ2) is 6.52. The van der Waals surface area contributed by atoms with E-state index in [1.807, 2.05) is 0 Å². The van der Waals surface area contributed by atoms with Gasteiger partial charge in [0.25, 0.3) is 0 Å². The quantitative estimate of drug-likeness (QED) is 0.804. The number of rotatable bonds is 5. The molecule has 0 heterocycles. The van der Waals surface area contributed by atoms with Crippen molar-refractivity contribution in [2.24, 2.45) is 0 Å². The lowest BCUT2D eigenvalue weighted by Gasteiger charge is -2.22. The Kier molecular flexibility index (Phi) is 5.59. The topological polar surface area (TPSA) is 12.0 Å². The zero-order valence-electron chi connectivity index (χ0n) is 9.82. The van der Waals surface area contributed by atoms with Gasteiger partial charge in [-0.05, 0) is 46.9 Å². The largest absolute Gasteiger partial charge is 0.404 e. The minimum atomic E-state index is -4.35. The zero-order valence-corrected chi connectivity index (χ0v) is 11.4. The molecule has 1 nitrogen and oxygen atoms in total. The van der Waals surface area contributed by atoms with E-state index in [1.165, 1.54) is 18.2 Å². The van der Waals surface area contributed by atoms with E-state index < -0.39 is 18.0 Å². The number of hydrogen-bond donors (Lipinski definition) is 1. The molecule has 0 bridgehead atoms. The molecule has 1 aromatic rings. The van der Waals surface area contributed by atoms with Crippen LogP contribution in [-0.4, -0.2) is 18.8 Å². The van der Waals surface area contributed by atoms with Gasteiger partial charge in [-0.25, -0.2) is 4.39 Å². The average molecular weight is 328 g/mol. The molecule has 1 N–H and O–H groups in total. The van der Waals surface area contributed by atoms with Gasteiger partial charge in [-0.3, -0.25) is 0 Å². The Hall–Kier alpha value is -0.620. The molecule has 6 heteroatoms. The molecule has 0 saturated heterocycles. The van der Waals surface area contributed by atoms with Gasteiger partial charge in [0.2, 0.25) is 0 Å². The molecule has 0 spiro atoms. The first-order valence-corrected chi connectivity index (χ1v) is 6.38. The first-order chi connectivity index (χ1) is 8.36. The molecule has 102 valence electrons. The molecule has 1 rings (SSSR count). The predicted molar refractivity (Wildman–Crippen MR) is 65.9 cm³/mol. The Morgan fingerprint density at radius 3 is 2.56 bits per heavy atom. The minimum absolute atomic E-state index is 0.0950. The Morgan fingerprint density at radius 2 is 2.00 bits per heavy atom. The van der Waals surface area contributed by atoms with Gasteiger partial charge < -0.3 is 5.32 Å². The highest BCUT2D eigenvalue weighted by atomic mass is 79.9. The van der Waals surface area contributed by atoms with Crippen LogP contribution in [0.4, 0.5) is 17.6 Å². The van der Waals surface area contributed by atoms with Crippen molar-refractivity contribution in [3.05, 3.63) is 34.1 Å². The third-order valence-electron chi connectivity index (χ3n) is 2.49. The molecule has 0 aliphatic carbocycles. The van der Waals surface area contributed by atoms with Gasteiger partial charge in [0.05, 0.1) is 4.47 Å². The molecule has 0 aliphatic rings. The maximum Gasteiger partial charge on any atom is 0.404 e. The SMILES string of the molecule is CCCNC(Cc1cccc(F)c1Br)C(F)(F)F. The lowest BCUT2D eigenvalue weighted by molar-refractivity contribution is -0.155. The van der Waals surface area contributed by atoms with Crippen molar-refractivity contribution < 1.29 is 17.6 Å². The lowest BCUT2D eigenvalue weighted by Crippen LogP contribution is -2.44. The summed E-state index contributed by atoms with van der Waals surface area (Å²) in [5.74, 6) is -0.552. The number of hydrogen-bond acceptors (Lipinski definition) is 1. The van der Waals surface area contributed by atoms with Crippen molar-refractivity contribution in [2.45, 2.75) is 32.0 Å². The summed E-state index contributed by atoms with van der Waals surface area (Å²) in [6.45, 7) is 2.07. The van der Waals surface area contributed by atoms with Crippen LogP contribution in [0, 0.1) is 5.82 Å². The van der Waals surface area contributed by atoms with Gasteiger partial charge in [0.15, 0.2) is 0 Å². The molecular formula is C12H14BrF4N. The van der Waals surface area contributed by atoms with Gasteiger partial charge in [0.1, 0.15) is 11.9 Å². The summed E-state index contributed by atoms with van der Waals surface area (Å²) in [5, 5.41) is 2.44. The second-order valence-corrected chi connectivity index (χ2v) is 4.76. The van der Waals surface area contributed by atoms with Gasteiger partial charge in [-0.15, -0.1) is 0 Å². The predicted octanol–water partition coefficient (Wildman–Crippen LogP) is 4.06. The number of halogens is 5. The first-order valence-electron chi connectivity index (χ1n) is 5.59. The molecule has 0 radical (unpaired) electrons. The van der Waals surface area contributed by atoms with Crippen molar-refractivity contribution in [1.82, 2.24) is 5.32 Å². The normalized spacial score (nSPS) is 13.7. The van der Waals surface area contributed by atoms with E-state index >= 15 is 0 Å². The summed E-state index contributed by atoms with van der Waals surface area (Å²) < 4.78 is 51.7. The van der Waals surface area contributed by atoms with Crippen LogP contribution in [-0.2, 0) is 6.42 Å². The molecule has 18 heavy (non-hydrogen) atoms. The minimum Gasteiger partial charge on any atom is -0.306 e. The Morgan fingerprint density at radius 1 is 1.33 bits per heavy atom. The smallest absolute Gasteiger partial charge is 0.306 e. The zero-order chi connectivity index (χ0) is 13.8. The Labute approximate surface area is 112 Å². The summed E-state index contributed by atoms with van der Waals surface area (Å²) in [5.41, 5.74) is 0.306. The fourth-order valence-electron chi connectivity index (χ4n) is 1.55. The maximum atomic E-state index is 13.2. The van der Waals surface area contributed by atoms with E-state index in [0.717, 1.165) is 0 Å². The van der Waals surface area contributed by atoms with Crippen LogP contribution in [0.25, 0.3) is 0 Å². The molecule has 1 unspecified atom stereocenters. The summed E-state index contributed by atoms with van der Waals surface area (Å²) in [7, 11) is 0. The summed E-state index contributed by atoms with van der Waals surface area (Å²) in [4.78, 5) is 0. The molecule has 0 amide bonds.